The van der Waals surface area contributed by atoms with Crippen molar-refractivity contribution >= 4 is 28.8 Å². The zero-order valence-corrected chi connectivity index (χ0v) is 19.8. The molecule has 0 radical (unpaired) electrons. The summed E-state index contributed by atoms with van der Waals surface area (Å²) in [6, 6.07) is 14.5. The van der Waals surface area contributed by atoms with E-state index in [1.807, 2.05) is 29.6 Å². The van der Waals surface area contributed by atoms with Gasteiger partial charge in [-0.05, 0) is 35.9 Å². The van der Waals surface area contributed by atoms with Crippen molar-refractivity contribution in [1.82, 2.24) is 19.9 Å². The first-order valence-electron chi connectivity index (χ1n) is 10.4. The summed E-state index contributed by atoms with van der Waals surface area (Å²) >= 11 is 7.66. The van der Waals surface area contributed by atoms with Crippen LogP contribution in [0.3, 0.4) is 0 Å². The Morgan fingerprint density at radius 2 is 1.94 bits per heavy atom. The lowest BCUT2D eigenvalue weighted by atomic mass is 10.2. The molecule has 4 aromatic rings. The number of ether oxygens (including phenoxy) is 1. The number of aromatic amines is 1. The van der Waals surface area contributed by atoms with Gasteiger partial charge in [0.15, 0.2) is 0 Å². The van der Waals surface area contributed by atoms with Gasteiger partial charge in [0, 0.05) is 35.1 Å². The van der Waals surface area contributed by atoms with Crippen LogP contribution in [-0.4, -0.2) is 34.1 Å². The zero-order chi connectivity index (χ0) is 24.1. The quantitative estimate of drug-likeness (QED) is 0.389. The molecule has 174 valence electrons. The number of amides is 1. The van der Waals surface area contributed by atoms with Gasteiger partial charge in [0.25, 0.3) is 11.5 Å². The normalized spacial score (nSPS) is 10.8. The minimum absolute atomic E-state index is 0.0398. The summed E-state index contributed by atoms with van der Waals surface area (Å²) in [6.45, 7) is 0.246. The van der Waals surface area contributed by atoms with Gasteiger partial charge in [0.1, 0.15) is 16.3 Å². The van der Waals surface area contributed by atoms with E-state index in [4.69, 9.17) is 16.3 Å². The molecule has 0 fully saturated rings. The van der Waals surface area contributed by atoms with Gasteiger partial charge in [0.05, 0.1) is 19.3 Å². The van der Waals surface area contributed by atoms with Gasteiger partial charge in [-0.25, -0.2) is 9.78 Å². The van der Waals surface area contributed by atoms with Crippen LogP contribution in [0.25, 0.3) is 10.6 Å². The average molecular weight is 497 g/mol. The second-order valence-corrected chi connectivity index (χ2v) is 8.63. The van der Waals surface area contributed by atoms with Gasteiger partial charge in [-0.3, -0.25) is 14.2 Å². The number of aromatic nitrogens is 3. The third kappa shape index (κ3) is 5.27. The highest BCUT2D eigenvalue weighted by Crippen LogP contribution is 2.25. The fraction of sp³-hybridized carbons (Fsp3) is 0.167. The number of carbonyl (C=O) groups is 1. The topological polar surface area (TPSA) is 106 Å². The smallest absolute Gasteiger partial charge is 0.328 e. The number of hydrogen-bond donors (Lipinski definition) is 2. The van der Waals surface area contributed by atoms with Crippen molar-refractivity contribution in [2.45, 2.75) is 13.0 Å². The van der Waals surface area contributed by atoms with Crippen LogP contribution < -0.4 is 21.3 Å². The predicted molar refractivity (Wildman–Crippen MR) is 132 cm³/mol. The molecule has 0 aliphatic carbocycles. The van der Waals surface area contributed by atoms with E-state index in [9.17, 15) is 14.4 Å². The van der Waals surface area contributed by atoms with Crippen LogP contribution in [0.5, 0.6) is 5.75 Å². The number of rotatable bonds is 8. The number of thiazole rings is 1. The maximum atomic E-state index is 12.8. The average Bonchev–Trinajstić information content (AvgIpc) is 3.32. The van der Waals surface area contributed by atoms with E-state index in [-0.39, 0.29) is 18.7 Å². The highest BCUT2D eigenvalue weighted by Gasteiger charge is 2.16. The Morgan fingerprint density at radius 1 is 1.18 bits per heavy atom. The van der Waals surface area contributed by atoms with Crippen molar-refractivity contribution in [2.75, 3.05) is 13.7 Å². The molecule has 10 heteroatoms. The Labute approximate surface area is 203 Å². The Kier molecular flexibility index (Phi) is 7.24. The van der Waals surface area contributed by atoms with E-state index < -0.39 is 17.2 Å². The van der Waals surface area contributed by atoms with E-state index >= 15 is 0 Å². The molecule has 0 saturated carbocycles. The molecular formula is C24H21ClN4O4S. The van der Waals surface area contributed by atoms with Crippen molar-refractivity contribution < 1.29 is 9.53 Å². The largest absolute Gasteiger partial charge is 0.497 e. The van der Waals surface area contributed by atoms with Crippen molar-refractivity contribution in [2.24, 2.45) is 0 Å². The molecule has 1 amide bonds. The number of nitrogens with zero attached hydrogens (tertiary/aromatic N) is 2. The highest BCUT2D eigenvalue weighted by atomic mass is 35.5. The second-order valence-electron chi connectivity index (χ2n) is 7.37. The number of benzene rings is 2. The van der Waals surface area contributed by atoms with E-state index in [0.29, 0.717) is 17.0 Å². The second kappa shape index (κ2) is 10.5. The molecule has 4 rings (SSSR count). The van der Waals surface area contributed by atoms with Crippen molar-refractivity contribution in [3.8, 4) is 16.3 Å². The Morgan fingerprint density at radius 3 is 2.68 bits per heavy atom. The molecule has 0 atom stereocenters. The van der Waals surface area contributed by atoms with E-state index in [0.717, 1.165) is 32.8 Å². The molecule has 0 aliphatic rings. The monoisotopic (exact) mass is 496 g/mol. The maximum Gasteiger partial charge on any atom is 0.328 e. The van der Waals surface area contributed by atoms with Crippen molar-refractivity contribution in [1.29, 1.82) is 0 Å². The number of carbonyl (C=O) groups excluding carboxylic acids is 1. The fourth-order valence-corrected chi connectivity index (χ4v) is 4.36. The number of hydrogen-bond acceptors (Lipinski definition) is 6. The van der Waals surface area contributed by atoms with Crippen LogP contribution in [0.4, 0.5) is 0 Å². The standard InChI is InChI=1S/C24H21ClN4O4S/c1-33-18-8-6-15(7-9-18)22-28-17(14-34-22)10-11-26-21(30)19-12-27-24(32)29(23(19)31)13-16-4-2-3-5-20(16)25/h2-9,12,14H,10-11,13H2,1H3,(H,26,30)(H,27,32). The summed E-state index contributed by atoms with van der Waals surface area (Å²) < 4.78 is 6.13. The molecule has 34 heavy (non-hydrogen) atoms. The van der Waals surface area contributed by atoms with Crippen molar-refractivity contribution in [3.05, 3.63) is 103 Å². The number of halogens is 1. The molecule has 0 spiro atoms. The van der Waals surface area contributed by atoms with Gasteiger partial charge in [0.2, 0.25) is 0 Å². The summed E-state index contributed by atoms with van der Waals surface area (Å²) in [5.41, 5.74) is 0.961. The molecule has 0 unspecified atom stereocenters. The third-order valence-corrected chi connectivity index (χ3v) is 6.46. The molecule has 0 saturated heterocycles. The molecule has 0 aliphatic heterocycles. The third-order valence-electron chi connectivity index (χ3n) is 5.15. The summed E-state index contributed by atoms with van der Waals surface area (Å²) in [6.07, 6.45) is 1.63. The Bertz CT molecular complexity index is 1430. The number of nitrogens with one attached hydrogen (secondary N) is 2. The molecule has 2 N–H and O–H groups in total. The van der Waals surface area contributed by atoms with Crippen LogP contribution >= 0.6 is 22.9 Å². The lowest BCUT2D eigenvalue weighted by molar-refractivity contribution is 0.0951. The van der Waals surface area contributed by atoms with Crippen LogP contribution in [-0.2, 0) is 13.0 Å². The first-order valence-corrected chi connectivity index (χ1v) is 11.6. The minimum Gasteiger partial charge on any atom is -0.497 e. The van der Waals surface area contributed by atoms with E-state index in [2.05, 4.69) is 15.3 Å². The molecule has 2 aromatic carbocycles. The fourth-order valence-electron chi connectivity index (χ4n) is 3.30. The Hall–Kier alpha value is -3.69. The van der Waals surface area contributed by atoms with E-state index in [1.54, 1.807) is 31.4 Å². The van der Waals surface area contributed by atoms with E-state index in [1.165, 1.54) is 11.3 Å². The SMILES string of the molecule is COc1ccc(-c2nc(CCNC(=O)c3c[nH]c(=O)n(Cc4ccccc4Cl)c3=O)cs2)cc1. The zero-order valence-electron chi connectivity index (χ0n) is 18.2. The first kappa shape index (κ1) is 23.5. The summed E-state index contributed by atoms with van der Waals surface area (Å²) in [5, 5.41) is 5.95. The molecule has 0 bridgehead atoms. The predicted octanol–water partition coefficient (Wildman–Crippen LogP) is 3.34. The maximum absolute atomic E-state index is 12.8. The molecule has 2 heterocycles. The molecular weight excluding hydrogens is 476 g/mol. The first-order chi connectivity index (χ1) is 16.5. The van der Waals surface area contributed by atoms with Crippen LogP contribution in [0.2, 0.25) is 5.02 Å². The van der Waals surface area contributed by atoms with Gasteiger partial charge >= 0.3 is 5.69 Å². The van der Waals surface area contributed by atoms with Gasteiger partial charge < -0.3 is 15.0 Å². The summed E-state index contributed by atoms with van der Waals surface area (Å²) in [4.78, 5) is 44.7. The highest BCUT2D eigenvalue weighted by molar-refractivity contribution is 7.13. The lowest BCUT2D eigenvalue weighted by Gasteiger charge is -2.09. The van der Waals surface area contributed by atoms with Gasteiger partial charge in [-0.1, -0.05) is 29.8 Å². The number of methoxy groups -OCH3 is 1. The van der Waals surface area contributed by atoms with Crippen LogP contribution in [0, 0.1) is 0 Å². The number of H-pyrrole nitrogens is 1. The lowest BCUT2D eigenvalue weighted by Crippen LogP contribution is -2.41. The van der Waals surface area contributed by atoms with Gasteiger partial charge in [-0.2, -0.15) is 0 Å². The Balaban J connectivity index is 1.41. The molecule has 2 aromatic heterocycles. The summed E-state index contributed by atoms with van der Waals surface area (Å²) in [7, 11) is 1.62. The van der Waals surface area contributed by atoms with Crippen LogP contribution in [0.15, 0.2) is 69.7 Å². The summed E-state index contributed by atoms with van der Waals surface area (Å²) in [5.74, 6) is 0.205. The minimum atomic E-state index is -0.684. The van der Waals surface area contributed by atoms with Crippen LogP contribution in [0.1, 0.15) is 21.6 Å². The molecule has 8 nitrogen and oxygen atoms in total. The van der Waals surface area contributed by atoms with Crippen molar-refractivity contribution in [3.63, 3.8) is 0 Å². The van der Waals surface area contributed by atoms with Gasteiger partial charge in [-0.15, -0.1) is 11.3 Å².